The molecular weight excluding hydrogens is 188 g/mol. The first kappa shape index (κ1) is 9.15. The van der Waals surface area contributed by atoms with Crippen molar-refractivity contribution in [3.63, 3.8) is 0 Å². The van der Waals surface area contributed by atoms with Crippen LogP contribution in [0.3, 0.4) is 0 Å². The van der Waals surface area contributed by atoms with Crippen molar-refractivity contribution in [2.75, 3.05) is 0 Å². The Morgan fingerprint density at radius 2 is 1.92 bits per heavy atom. The highest BCUT2D eigenvalue weighted by atomic mass is 32.2. The van der Waals surface area contributed by atoms with E-state index in [1.165, 1.54) is 0 Å². The topological polar surface area (TPSA) is 72.2 Å². The summed E-state index contributed by atoms with van der Waals surface area (Å²) in [5, 5.41) is 0. The molecule has 1 atom stereocenters. The molecule has 0 radical (unpaired) electrons. The van der Waals surface area contributed by atoms with Gasteiger partial charge in [-0.3, -0.25) is 9.52 Å². The van der Waals surface area contributed by atoms with Crippen LogP contribution < -0.4 is 10.5 Å². The summed E-state index contributed by atoms with van der Waals surface area (Å²) in [5.74, 6) is -0.251. The summed E-state index contributed by atoms with van der Waals surface area (Å²) in [6.45, 7) is 1.92. The SMILES string of the molecule is CC1(S(=O)NC(=O)C2(N)CC2)CC1. The Morgan fingerprint density at radius 1 is 1.38 bits per heavy atom. The van der Waals surface area contributed by atoms with Crippen molar-refractivity contribution >= 4 is 16.9 Å². The second-order valence-electron chi connectivity index (χ2n) is 4.31. The molecule has 0 aromatic carbocycles. The van der Waals surface area contributed by atoms with Crippen molar-refractivity contribution in [3.05, 3.63) is 0 Å². The number of rotatable bonds is 3. The first-order valence-electron chi connectivity index (χ1n) is 4.48. The van der Waals surface area contributed by atoms with Crippen LogP contribution in [-0.4, -0.2) is 20.4 Å². The van der Waals surface area contributed by atoms with E-state index >= 15 is 0 Å². The number of nitrogens with one attached hydrogen (secondary N) is 1. The maximum atomic E-state index is 11.5. The molecule has 13 heavy (non-hydrogen) atoms. The fourth-order valence-electron chi connectivity index (χ4n) is 1.03. The van der Waals surface area contributed by atoms with Gasteiger partial charge in [0.05, 0.1) is 10.3 Å². The zero-order chi connectivity index (χ0) is 9.69. The van der Waals surface area contributed by atoms with E-state index in [4.69, 9.17) is 5.73 Å². The third-order valence-corrected chi connectivity index (χ3v) is 4.50. The highest BCUT2D eigenvalue weighted by Gasteiger charge is 2.50. The number of carbonyl (C=O) groups is 1. The van der Waals surface area contributed by atoms with E-state index in [1.807, 2.05) is 6.92 Å². The summed E-state index contributed by atoms with van der Waals surface area (Å²) >= 11 is 0. The lowest BCUT2D eigenvalue weighted by atomic mass is 10.3. The number of hydrogen-bond donors (Lipinski definition) is 2. The number of hydrogen-bond acceptors (Lipinski definition) is 3. The van der Waals surface area contributed by atoms with Crippen LogP contribution in [0.15, 0.2) is 0 Å². The minimum absolute atomic E-state index is 0.180. The molecule has 0 bridgehead atoms. The van der Waals surface area contributed by atoms with Gasteiger partial charge in [0.1, 0.15) is 11.0 Å². The van der Waals surface area contributed by atoms with E-state index in [1.54, 1.807) is 0 Å². The van der Waals surface area contributed by atoms with Crippen molar-refractivity contribution in [2.45, 2.75) is 42.9 Å². The number of nitrogens with two attached hydrogens (primary N) is 1. The smallest absolute Gasteiger partial charge is 0.251 e. The van der Waals surface area contributed by atoms with Crippen LogP contribution in [0, 0.1) is 0 Å². The van der Waals surface area contributed by atoms with Crippen LogP contribution in [0.5, 0.6) is 0 Å². The van der Waals surface area contributed by atoms with E-state index in [2.05, 4.69) is 4.72 Å². The van der Waals surface area contributed by atoms with Gasteiger partial charge in [-0.1, -0.05) is 0 Å². The molecule has 2 aliphatic carbocycles. The Bertz CT molecular complexity index is 254. The van der Waals surface area contributed by atoms with Crippen molar-refractivity contribution in [1.82, 2.24) is 4.72 Å². The van der Waals surface area contributed by atoms with E-state index in [0.29, 0.717) is 12.8 Å². The van der Waals surface area contributed by atoms with E-state index in [-0.39, 0.29) is 10.7 Å². The highest BCUT2D eigenvalue weighted by molar-refractivity contribution is 7.85. The molecule has 0 aliphatic heterocycles. The minimum Gasteiger partial charge on any atom is -0.317 e. The van der Waals surface area contributed by atoms with Gasteiger partial charge in [0, 0.05) is 0 Å². The second-order valence-corrected chi connectivity index (χ2v) is 6.03. The lowest BCUT2D eigenvalue weighted by molar-refractivity contribution is -0.121. The summed E-state index contributed by atoms with van der Waals surface area (Å²) in [4.78, 5) is 11.4. The summed E-state index contributed by atoms with van der Waals surface area (Å²) in [6.07, 6.45) is 3.29. The Hall–Kier alpha value is -0.420. The van der Waals surface area contributed by atoms with E-state index < -0.39 is 16.5 Å². The van der Waals surface area contributed by atoms with Gasteiger partial charge < -0.3 is 5.73 Å². The predicted octanol–water partition coefficient (Wildman–Crippen LogP) is -0.190. The summed E-state index contributed by atoms with van der Waals surface area (Å²) in [5.41, 5.74) is 4.95. The van der Waals surface area contributed by atoms with Gasteiger partial charge in [-0.2, -0.15) is 0 Å². The summed E-state index contributed by atoms with van der Waals surface area (Å²) in [7, 11) is -1.24. The molecule has 0 heterocycles. The molecular formula is C8H14N2O2S. The van der Waals surface area contributed by atoms with Crippen LogP contribution in [0.1, 0.15) is 32.6 Å². The van der Waals surface area contributed by atoms with E-state index in [9.17, 15) is 9.00 Å². The lowest BCUT2D eigenvalue weighted by Crippen LogP contribution is -2.45. The number of carbonyl (C=O) groups excluding carboxylic acids is 1. The van der Waals surface area contributed by atoms with Crippen molar-refractivity contribution in [1.29, 1.82) is 0 Å². The third-order valence-electron chi connectivity index (χ3n) is 2.83. The molecule has 2 rings (SSSR count). The average Bonchev–Trinajstić information content (AvgIpc) is 2.92. The molecule has 1 amide bonds. The van der Waals surface area contributed by atoms with Gasteiger partial charge in [-0.05, 0) is 32.6 Å². The second kappa shape index (κ2) is 2.54. The summed E-state index contributed by atoms with van der Waals surface area (Å²) in [6, 6.07) is 0. The average molecular weight is 202 g/mol. The molecule has 4 nitrogen and oxygen atoms in total. The number of amides is 1. The lowest BCUT2D eigenvalue weighted by Gasteiger charge is -2.12. The van der Waals surface area contributed by atoms with Gasteiger partial charge in [0.25, 0.3) is 5.91 Å². The van der Waals surface area contributed by atoms with Gasteiger partial charge >= 0.3 is 0 Å². The van der Waals surface area contributed by atoms with Gasteiger partial charge in [-0.15, -0.1) is 0 Å². The highest BCUT2D eigenvalue weighted by Crippen LogP contribution is 2.40. The summed E-state index contributed by atoms with van der Waals surface area (Å²) < 4.78 is 13.8. The van der Waals surface area contributed by atoms with Crippen molar-refractivity contribution < 1.29 is 9.00 Å². The fraction of sp³-hybridized carbons (Fsp3) is 0.875. The standard InChI is InChI=1S/C8H14N2O2S/c1-7(2-3-7)13(12)10-6(11)8(9)4-5-8/h2-5,9H2,1H3,(H,10,11). The predicted molar refractivity (Wildman–Crippen MR) is 50.1 cm³/mol. The van der Waals surface area contributed by atoms with Crippen LogP contribution in [0.25, 0.3) is 0 Å². The molecule has 2 fully saturated rings. The maximum Gasteiger partial charge on any atom is 0.251 e. The largest absolute Gasteiger partial charge is 0.317 e. The molecule has 0 spiro atoms. The molecule has 2 aliphatic rings. The third kappa shape index (κ3) is 1.62. The zero-order valence-corrected chi connectivity index (χ0v) is 8.45. The molecule has 0 saturated heterocycles. The Balaban J connectivity index is 1.91. The molecule has 5 heteroatoms. The molecule has 74 valence electrons. The van der Waals surface area contributed by atoms with Crippen LogP contribution in [-0.2, 0) is 15.8 Å². The molecule has 0 aromatic heterocycles. The maximum absolute atomic E-state index is 11.5. The first-order chi connectivity index (χ1) is 5.96. The van der Waals surface area contributed by atoms with Crippen molar-refractivity contribution in [2.24, 2.45) is 5.73 Å². The van der Waals surface area contributed by atoms with Crippen LogP contribution in [0.2, 0.25) is 0 Å². The van der Waals surface area contributed by atoms with Crippen LogP contribution >= 0.6 is 0 Å². The van der Waals surface area contributed by atoms with E-state index in [0.717, 1.165) is 12.8 Å². The van der Waals surface area contributed by atoms with Gasteiger partial charge in [-0.25, -0.2) is 4.21 Å². The molecule has 0 aromatic rings. The zero-order valence-electron chi connectivity index (χ0n) is 7.63. The van der Waals surface area contributed by atoms with Crippen LogP contribution in [0.4, 0.5) is 0 Å². The minimum atomic E-state index is -1.24. The quantitative estimate of drug-likeness (QED) is 0.666. The monoisotopic (exact) mass is 202 g/mol. The molecule has 1 unspecified atom stereocenters. The Labute approximate surface area is 79.8 Å². The Morgan fingerprint density at radius 3 is 2.31 bits per heavy atom. The Kier molecular flexibility index (Phi) is 1.79. The normalized spacial score (nSPS) is 29.1. The van der Waals surface area contributed by atoms with Gasteiger partial charge in [0.15, 0.2) is 0 Å². The molecule has 3 N–H and O–H groups in total. The van der Waals surface area contributed by atoms with Gasteiger partial charge in [0.2, 0.25) is 0 Å². The first-order valence-corrected chi connectivity index (χ1v) is 5.63. The van der Waals surface area contributed by atoms with Crippen molar-refractivity contribution in [3.8, 4) is 0 Å². The fourth-order valence-corrected chi connectivity index (χ4v) is 2.12. The molecule has 2 saturated carbocycles.